The first-order valence-electron chi connectivity index (χ1n) is 5.50. The van der Waals surface area contributed by atoms with Crippen LogP contribution in [0.5, 0.6) is 0 Å². The number of nitrogens with one attached hydrogen (secondary N) is 1. The molecule has 1 atom stereocenters. The fraction of sp³-hybridized carbons (Fsp3) is 0.154. The summed E-state index contributed by atoms with van der Waals surface area (Å²) in [5.74, 6) is 5.17. The zero-order chi connectivity index (χ0) is 13.0. The fourth-order valence-corrected chi connectivity index (χ4v) is 2.14. The minimum atomic E-state index is -0.342. The highest BCUT2D eigenvalue weighted by molar-refractivity contribution is 14.1. The summed E-state index contributed by atoms with van der Waals surface area (Å²) in [7, 11) is 0. The van der Waals surface area contributed by atoms with Crippen molar-refractivity contribution in [3.05, 3.63) is 63.2 Å². The smallest absolute Gasteiger partial charge is 0.146 e. The number of hydrazine groups is 1. The van der Waals surface area contributed by atoms with Gasteiger partial charge in [0.2, 0.25) is 0 Å². The Bertz CT molecular complexity index is 516. The Hall–Kier alpha value is -1.05. The maximum absolute atomic E-state index is 13.6. The van der Waals surface area contributed by atoms with Gasteiger partial charge in [0.15, 0.2) is 0 Å². The van der Waals surface area contributed by atoms with E-state index in [-0.39, 0.29) is 11.9 Å². The van der Waals surface area contributed by atoms with Gasteiger partial charge in [0.25, 0.3) is 0 Å². The highest BCUT2D eigenvalue weighted by Gasteiger charge is 2.14. The van der Waals surface area contributed by atoms with Crippen molar-refractivity contribution in [1.82, 2.24) is 10.4 Å². The third-order valence-electron chi connectivity index (χ3n) is 2.73. The van der Waals surface area contributed by atoms with Crippen LogP contribution >= 0.6 is 22.6 Å². The second kappa shape index (κ2) is 6.21. The Morgan fingerprint density at radius 3 is 2.61 bits per heavy atom. The highest BCUT2D eigenvalue weighted by atomic mass is 127. The number of halogens is 2. The molecule has 0 amide bonds. The van der Waals surface area contributed by atoms with Crippen molar-refractivity contribution in [2.24, 2.45) is 5.84 Å². The van der Waals surface area contributed by atoms with E-state index in [4.69, 9.17) is 5.84 Å². The molecular weight excluding hydrogens is 344 g/mol. The van der Waals surface area contributed by atoms with Crippen LogP contribution in [-0.2, 0) is 6.42 Å². The first-order valence-corrected chi connectivity index (χ1v) is 6.58. The SMILES string of the molecule is NNC(Cc1ccc(I)cc1)c1ccncc1F. The summed E-state index contributed by atoms with van der Waals surface area (Å²) < 4.78 is 14.8. The van der Waals surface area contributed by atoms with E-state index in [0.717, 1.165) is 5.56 Å². The normalized spacial score (nSPS) is 12.4. The predicted molar refractivity (Wildman–Crippen MR) is 77.1 cm³/mol. The van der Waals surface area contributed by atoms with Crippen molar-refractivity contribution in [3.8, 4) is 0 Å². The summed E-state index contributed by atoms with van der Waals surface area (Å²) in [5, 5.41) is 0. The minimum Gasteiger partial charge on any atom is -0.271 e. The van der Waals surface area contributed by atoms with E-state index in [1.54, 1.807) is 12.3 Å². The molecule has 94 valence electrons. The number of nitrogens with two attached hydrogens (primary N) is 1. The molecule has 0 aliphatic rings. The van der Waals surface area contributed by atoms with Crippen LogP contribution in [0.15, 0.2) is 42.7 Å². The third-order valence-corrected chi connectivity index (χ3v) is 3.45. The predicted octanol–water partition coefficient (Wildman–Crippen LogP) is 2.57. The van der Waals surface area contributed by atoms with Crippen molar-refractivity contribution >= 4 is 22.6 Å². The summed E-state index contributed by atoms with van der Waals surface area (Å²) in [5.41, 5.74) is 4.29. The number of pyridine rings is 1. The molecule has 0 fully saturated rings. The van der Waals surface area contributed by atoms with E-state index in [9.17, 15) is 4.39 Å². The maximum Gasteiger partial charge on any atom is 0.146 e. The van der Waals surface area contributed by atoms with Gasteiger partial charge in [-0.05, 0) is 52.8 Å². The highest BCUT2D eigenvalue weighted by Crippen LogP contribution is 2.20. The average Bonchev–Trinajstić information content (AvgIpc) is 2.39. The van der Waals surface area contributed by atoms with Gasteiger partial charge in [-0.1, -0.05) is 12.1 Å². The van der Waals surface area contributed by atoms with E-state index >= 15 is 0 Å². The second-order valence-electron chi connectivity index (χ2n) is 3.95. The average molecular weight is 357 g/mol. The third kappa shape index (κ3) is 3.24. The molecule has 2 rings (SSSR count). The van der Waals surface area contributed by atoms with Crippen LogP contribution in [0.1, 0.15) is 17.2 Å². The van der Waals surface area contributed by atoms with Crippen molar-refractivity contribution in [2.75, 3.05) is 0 Å². The van der Waals surface area contributed by atoms with Crippen LogP contribution < -0.4 is 11.3 Å². The molecule has 0 spiro atoms. The summed E-state index contributed by atoms with van der Waals surface area (Å²) in [6, 6.07) is 9.47. The van der Waals surface area contributed by atoms with Crippen LogP contribution in [0, 0.1) is 9.39 Å². The number of nitrogens with zero attached hydrogens (tertiary/aromatic N) is 1. The first kappa shape index (κ1) is 13.4. The van der Waals surface area contributed by atoms with E-state index in [0.29, 0.717) is 12.0 Å². The molecule has 5 heteroatoms. The van der Waals surface area contributed by atoms with E-state index < -0.39 is 0 Å². The number of benzene rings is 1. The summed E-state index contributed by atoms with van der Waals surface area (Å²) >= 11 is 2.25. The van der Waals surface area contributed by atoms with Crippen molar-refractivity contribution in [3.63, 3.8) is 0 Å². The largest absolute Gasteiger partial charge is 0.271 e. The van der Waals surface area contributed by atoms with Crippen LogP contribution in [0.4, 0.5) is 4.39 Å². The zero-order valence-electron chi connectivity index (χ0n) is 9.61. The second-order valence-corrected chi connectivity index (χ2v) is 5.19. The monoisotopic (exact) mass is 357 g/mol. The van der Waals surface area contributed by atoms with Crippen LogP contribution in [0.3, 0.4) is 0 Å². The zero-order valence-corrected chi connectivity index (χ0v) is 11.8. The molecule has 0 aliphatic carbocycles. The Balaban J connectivity index is 2.20. The number of aromatic nitrogens is 1. The van der Waals surface area contributed by atoms with Crippen LogP contribution in [-0.4, -0.2) is 4.98 Å². The number of hydrogen-bond donors (Lipinski definition) is 2. The van der Waals surface area contributed by atoms with Gasteiger partial charge in [0, 0.05) is 15.3 Å². The van der Waals surface area contributed by atoms with Gasteiger partial charge in [0.05, 0.1) is 12.2 Å². The van der Waals surface area contributed by atoms with Gasteiger partial charge >= 0.3 is 0 Å². The molecule has 0 saturated heterocycles. The molecule has 1 unspecified atom stereocenters. The maximum atomic E-state index is 13.6. The van der Waals surface area contributed by atoms with E-state index in [2.05, 4.69) is 33.0 Å². The Morgan fingerprint density at radius 2 is 2.00 bits per heavy atom. The molecule has 0 radical (unpaired) electrons. The van der Waals surface area contributed by atoms with Gasteiger partial charge in [-0.25, -0.2) is 4.39 Å². The Labute approximate surface area is 119 Å². The Kier molecular flexibility index (Phi) is 4.62. The van der Waals surface area contributed by atoms with Gasteiger partial charge in [-0.3, -0.25) is 16.3 Å². The fourth-order valence-electron chi connectivity index (χ4n) is 1.78. The molecule has 0 bridgehead atoms. The topological polar surface area (TPSA) is 50.9 Å². The lowest BCUT2D eigenvalue weighted by Crippen LogP contribution is -2.30. The molecule has 1 heterocycles. The quantitative estimate of drug-likeness (QED) is 0.503. The Morgan fingerprint density at radius 1 is 1.28 bits per heavy atom. The minimum absolute atomic E-state index is 0.256. The van der Waals surface area contributed by atoms with Crippen LogP contribution in [0.2, 0.25) is 0 Å². The summed E-state index contributed by atoms with van der Waals surface area (Å²) in [6.45, 7) is 0. The molecule has 0 saturated carbocycles. The molecular formula is C13H13FIN3. The number of hydrogen-bond acceptors (Lipinski definition) is 3. The van der Waals surface area contributed by atoms with Gasteiger partial charge < -0.3 is 0 Å². The molecule has 1 aromatic carbocycles. The van der Waals surface area contributed by atoms with E-state index in [1.807, 2.05) is 24.3 Å². The van der Waals surface area contributed by atoms with Gasteiger partial charge in [-0.2, -0.15) is 0 Å². The molecule has 3 N–H and O–H groups in total. The molecule has 1 aromatic heterocycles. The molecule has 0 aliphatic heterocycles. The van der Waals surface area contributed by atoms with Crippen molar-refractivity contribution < 1.29 is 4.39 Å². The molecule has 3 nitrogen and oxygen atoms in total. The van der Waals surface area contributed by atoms with E-state index in [1.165, 1.54) is 9.77 Å². The summed E-state index contributed by atoms with van der Waals surface area (Å²) in [4.78, 5) is 3.74. The van der Waals surface area contributed by atoms with Gasteiger partial charge in [-0.15, -0.1) is 0 Å². The number of rotatable bonds is 4. The van der Waals surface area contributed by atoms with Crippen LogP contribution in [0.25, 0.3) is 0 Å². The molecule has 18 heavy (non-hydrogen) atoms. The standard InChI is InChI=1S/C13H13FIN3/c14-12-8-17-6-5-11(12)13(18-16)7-9-1-3-10(15)4-2-9/h1-6,8,13,18H,7,16H2. The lowest BCUT2D eigenvalue weighted by atomic mass is 10.00. The lowest BCUT2D eigenvalue weighted by Gasteiger charge is -2.16. The first-order chi connectivity index (χ1) is 8.70. The van der Waals surface area contributed by atoms with Crippen molar-refractivity contribution in [1.29, 1.82) is 0 Å². The summed E-state index contributed by atoms with van der Waals surface area (Å²) in [6.07, 6.45) is 3.40. The lowest BCUT2D eigenvalue weighted by molar-refractivity contribution is 0.508. The van der Waals surface area contributed by atoms with Gasteiger partial charge in [0.1, 0.15) is 5.82 Å². The molecule has 2 aromatic rings. The van der Waals surface area contributed by atoms with Crippen molar-refractivity contribution in [2.45, 2.75) is 12.5 Å².